The number of carbonyl (C=O) groups excluding carboxylic acids is 2. The highest BCUT2D eigenvalue weighted by molar-refractivity contribution is 6.38. The maximum Gasteiger partial charge on any atom is 0.407 e. The largest absolute Gasteiger partial charge is 0.444 e. The molecule has 0 radical (unpaired) electrons. The lowest BCUT2D eigenvalue weighted by Gasteiger charge is -2.20. The number of oxime groups is 1. The van der Waals surface area contributed by atoms with Crippen LogP contribution in [0.25, 0.3) is 0 Å². The summed E-state index contributed by atoms with van der Waals surface area (Å²) in [6.45, 7) is 5.53. The first kappa shape index (κ1) is 13.3. The highest BCUT2D eigenvalue weighted by Gasteiger charge is 2.25. The van der Waals surface area contributed by atoms with Gasteiger partial charge in [0.25, 0.3) is 5.91 Å². The van der Waals surface area contributed by atoms with Crippen molar-refractivity contribution in [1.29, 1.82) is 0 Å². The highest BCUT2D eigenvalue weighted by atomic mass is 16.6. The van der Waals surface area contributed by atoms with E-state index in [-0.39, 0.29) is 18.4 Å². The van der Waals surface area contributed by atoms with E-state index < -0.39 is 17.6 Å². The van der Waals surface area contributed by atoms with Crippen LogP contribution in [0, 0.1) is 0 Å². The van der Waals surface area contributed by atoms with Crippen molar-refractivity contribution < 1.29 is 19.2 Å². The van der Waals surface area contributed by atoms with Crippen LogP contribution in [0.3, 0.4) is 0 Å². The molecule has 3 N–H and O–H groups in total. The number of nitrogens with one attached hydrogen (secondary N) is 1. The number of primary amides is 1. The predicted molar refractivity (Wildman–Crippen MR) is 60.4 cm³/mol. The van der Waals surface area contributed by atoms with Crippen molar-refractivity contribution in [3.8, 4) is 0 Å². The van der Waals surface area contributed by atoms with Gasteiger partial charge in [-0.1, -0.05) is 5.16 Å². The molecule has 1 heterocycles. The van der Waals surface area contributed by atoms with Gasteiger partial charge in [-0.05, 0) is 20.8 Å². The van der Waals surface area contributed by atoms with E-state index in [1.165, 1.54) is 0 Å². The highest BCUT2D eigenvalue weighted by Crippen LogP contribution is 2.10. The van der Waals surface area contributed by atoms with E-state index in [4.69, 9.17) is 15.3 Å². The molecule has 0 unspecified atom stereocenters. The summed E-state index contributed by atoms with van der Waals surface area (Å²) in [7, 11) is 0. The molecule has 0 bridgehead atoms. The summed E-state index contributed by atoms with van der Waals surface area (Å²) in [5.41, 5.74) is 4.67. The molecule has 0 aromatic carbocycles. The number of rotatable bonds is 3. The van der Waals surface area contributed by atoms with Crippen LogP contribution in [0.4, 0.5) is 4.79 Å². The van der Waals surface area contributed by atoms with Crippen LogP contribution in [0.15, 0.2) is 5.16 Å². The van der Waals surface area contributed by atoms with Crippen LogP contribution in [0.1, 0.15) is 27.2 Å². The molecular weight excluding hydrogens is 226 g/mol. The third kappa shape index (κ3) is 4.71. The van der Waals surface area contributed by atoms with E-state index in [2.05, 4.69) is 10.5 Å². The van der Waals surface area contributed by atoms with Gasteiger partial charge in [-0.15, -0.1) is 0 Å². The van der Waals surface area contributed by atoms with Gasteiger partial charge < -0.3 is 20.6 Å². The zero-order valence-electron chi connectivity index (χ0n) is 10.1. The summed E-state index contributed by atoms with van der Waals surface area (Å²) in [6.07, 6.45) is -0.607. The zero-order chi connectivity index (χ0) is 13.1. The second kappa shape index (κ2) is 5.03. The minimum atomic E-state index is -0.607. The molecule has 0 spiro atoms. The van der Waals surface area contributed by atoms with Crippen molar-refractivity contribution in [2.24, 2.45) is 10.9 Å². The van der Waals surface area contributed by atoms with Gasteiger partial charge in [-0.25, -0.2) is 4.79 Å². The second-order valence-corrected chi connectivity index (χ2v) is 4.72. The minimum Gasteiger partial charge on any atom is -0.444 e. The summed E-state index contributed by atoms with van der Waals surface area (Å²) in [5, 5.41) is 6.05. The average molecular weight is 243 g/mol. The monoisotopic (exact) mass is 243 g/mol. The molecule has 2 amide bonds. The number of hydrogen-bond donors (Lipinski definition) is 2. The fourth-order valence-electron chi connectivity index (χ4n) is 1.19. The first-order chi connectivity index (χ1) is 7.78. The first-order valence-corrected chi connectivity index (χ1v) is 5.27. The molecule has 7 nitrogen and oxygen atoms in total. The molecule has 1 aliphatic rings. The Kier molecular flexibility index (Phi) is 3.93. The molecule has 96 valence electrons. The molecule has 0 saturated carbocycles. The van der Waals surface area contributed by atoms with Crippen molar-refractivity contribution in [3.63, 3.8) is 0 Å². The molecule has 0 fully saturated rings. The van der Waals surface area contributed by atoms with Crippen molar-refractivity contribution in [3.05, 3.63) is 0 Å². The van der Waals surface area contributed by atoms with Crippen LogP contribution in [-0.4, -0.2) is 36.0 Å². The maximum atomic E-state index is 11.3. The lowest BCUT2D eigenvalue weighted by atomic mass is 10.2. The van der Waals surface area contributed by atoms with Crippen molar-refractivity contribution in [2.75, 3.05) is 6.54 Å². The Morgan fingerprint density at radius 2 is 2.24 bits per heavy atom. The molecule has 7 heteroatoms. The van der Waals surface area contributed by atoms with Crippen LogP contribution in [-0.2, 0) is 14.4 Å². The number of amides is 2. The molecule has 1 aliphatic heterocycles. The normalized spacial score (nSPS) is 19.2. The third-order valence-corrected chi connectivity index (χ3v) is 1.89. The summed E-state index contributed by atoms with van der Waals surface area (Å²) in [4.78, 5) is 27.0. The van der Waals surface area contributed by atoms with Crippen LogP contribution in [0.2, 0.25) is 0 Å². The summed E-state index contributed by atoms with van der Waals surface area (Å²) in [5.74, 6) is -0.607. The first-order valence-electron chi connectivity index (χ1n) is 5.27. The Morgan fingerprint density at radius 1 is 1.59 bits per heavy atom. The Balaban J connectivity index is 2.26. The van der Waals surface area contributed by atoms with Gasteiger partial charge in [0.2, 0.25) is 0 Å². The van der Waals surface area contributed by atoms with Crippen molar-refractivity contribution in [2.45, 2.75) is 38.9 Å². The number of nitrogens with zero attached hydrogens (tertiary/aromatic N) is 1. The van der Waals surface area contributed by atoms with Crippen molar-refractivity contribution in [1.82, 2.24) is 5.32 Å². The molecule has 0 aliphatic carbocycles. The summed E-state index contributed by atoms with van der Waals surface area (Å²) < 4.78 is 5.04. The molecule has 0 aromatic rings. The van der Waals surface area contributed by atoms with E-state index in [0.29, 0.717) is 6.42 Å². The van der Waals surface area contributed by atoms with Crippen molar-refractivity contribution >= 4 is 17.7 Å². The number of ether oxygens (including phenoxy) is 1. The topological polar surface area (TPSA) is 103 Å². The predicted octanol–water partition coefficient (Wildman–Crippen LogP) is 0.141. The van der Waals surface area contributed by atoms with Gasteiger partial charge in [0, 0.05) is 6.42 Å². The van der Waals surface area contributed by atoms with Gasteiger partial charge in [-0.3, -0.25) is 4.79 Å². The standard InChI is InChI=1S/C10H17N3O4/c1-10(2,3)16-9(15)12-5-6-4-7(8(11)14)13-17-6/h6H,4-5H2,1-3H3,(H2,11,14)(H,12,15)/t6-/m0/s1. The van der Waals surface area contributed by atoms with Gasteiger partial charge in [-0.2, -0.15) is 0 Å². The van der Waals surface area contributed by atoms with Gasteiger partial charge in [0.05, 0.1) is 6.54 Å². The molecule has 17 heavy (non-hydrogen) atoms. The molecule has 0 aromatic heterocycles. The summed E-state index contributed by atoms with van der Waals surface area (Å²) in [6, 6.07) is 0. The molecule has 0 saturated heterocycles. The quantitative estimate of drug-likeness (QED) is 0.735. The molecule has 1 atom stereocenters. The van der Waals surface area contributed by atoms with Crippen LogP contribution < -0.4 is 11.1 Å². The van der Waals surface area contributed by atoms with Gasteiger partial charge in [0.15, 0.2) is 6.10 Å². The average Bonchev–Trinajstić information content (AvgIpc) is 2.60. The van der Waals surface area contributed by atoms with Gasteiger partial charge >= 0.3 is 6.09 Å². The van der Waals surface area contributed by atoms with Crippen LogP contribution >= 0.6 is 0 Å². The number of carbonyl (C=O) groups is 2. The Labute approximate surface area is 99.3 Å². The third-order valence-electron chi connectivity index (χ3n) is 1.89. The number of hydrogen-bond acceptors (Lipinski definition) is 5. The maximum absolute atomic E-state index is 11.3. The second-order valence-electron chi connectivity index (χ2n) is 4.72. The summed E-state index contributed by atoms with van der Waals surface area (Å²) >= 11 is 0. The Bertz CT molecular complexity index is 346. The Morgan fingerprint density at radius 3 is 2.71 bits per heavy atom. The van der Waals surface area contributed by atoms with E-state index in [1.807, 2.05) is 0 Å². The molecule has 1 rings (SSSR count). The SMILES string of the molecule is CC(C)(C)OC(=O)NC[C@@H]1CC(C(N)=O)=NO1. The van der Waals surface area contributed by atoms with E-state index >= 15 is 0 Å². The van der Waals surface area contributed by atoms with E-state index in [9.17, 15) is 9.59 Å². The smallest absolute Gasteiger partial charge is 0.407 e. The zero-order valence-corrected chi connectivity index (χ0v) is 10.1. The van der Waals surface area contributed by atoms with Crippen LogP contribution in [0.5, 0.6) is 0 Å². The van der Waals surface area contributed by atoms with E-state index in [1.54, 1.807) is 20.8 Å². The molecular formula is C10H17N3O4. The lowest BCUT2D eigenvalue weighted by Crippen LogP contribution is -2.37. The fraction of sp³-hybridized carbons (Fsp3) is 0.700. The fourth-order valence-corrected chi connectivity index (χ4v) is 1.19. The number of alkyl carbamates (subject to hydrolysis) is 1. The van der Waals surface area contributed by atoms with E-state index in [0.717, 1.165) is 0 Å². The number of nitrogens with two attached hydrogens (primary N) is 1. The van der Waals surface area contributed by atoms with Gasteiger partial charge in [0.1, 0.15) is 11.3 Å². The lowest BCUT2D eigenvalue weighted by molar-refractivity contribution is -0.112. The minimum absolute atomic E-state index is 0.181. The Hall–Kier alpha value is -1.79.